The first kappa shape index (κ1) is 21.5. The van der Waals surface area contributed by atoms with Gasteiger partial charge in [-0.2, -0.15) is 0 Å². The summed E-state index contributed by atoms with van der Waals surface area (Å²) in [6, 6.07) is 13.9. The van der Waals surface area contributed by atoms with E-state index in [9.17, 15) is 9.59 Å². The van der Waals surface area contributed by atoms with Crippen LogP contribution >= 0.6 is 23.8 Å². The summed E-state index contributed by atoms with van der Waals surface area (Å²) in [5.41, 5.74) is 7.23. The number of thiocarbonyl (C=S) groups is 1. The van der Waals surface area contributed by atoms with Gasteiger partial charge < -0.3 is 10.1 Å². The van der Waals surface area contributed by atoms with E-state index in [2.05, 4.69) is 21.5 Å². The van der Waals surface area contributed by atoms with E-state index in [-0.39, 0.29) is 12.5 Å². The van der Waals surface area contributed by atoms with E-state index in [0.29, 0.717) is 27.9 Å². The summed E-state index contributed by atoms with van der Waals surface area (Å²) in [4.78, 5) is 23.5. The molecule has 2 rings (SSSR count). The maximum Gasteiger partial charge on any atom is 0.411 e. The van der Waals surface area contributed by atoms with Crippen molar-refractivity contribution in [3.63, 3.8) is 0 Å². The van der Waals surface area contributed by atoms with Crippen molar-refractivity contribution >= 4 is 46.6 Å². The largest absolute Gasteiger partial charge is 0.450 e. The fraction of sp³-hybridized carbons (Fsp3) is 0.211. The summed E-state index contributed by atoms with van der Waals surface area (Å²) in [5.74, 6) is -0.357. The van der Waals surface area contributed by atoms with Crippen molar-refractivity contribution in [1.29, 1.82) is 0 Å². The second-order valence-electron chi connectivity index (χ2n) is 5.63. The Labute approximate surface area is 173 Å². The van der Waals surface area contributed by atoms with Crippen LogP contribution in [0.5, 0.6) is 0 Å². The van der Waals surface area contributed by atoms with Gasteiger partial charge in [0.2, 0.25) is 0 Å². The number of hydrazine groups is 1. The fourth-order valence-electron chi connectivity index (χ4n) is 2.19. The molecule has 0 heterocycles. The van der Waals surface area contributed by atoms with Gasteiger partial charge >= 0.3 is 6.09 Å². The molecular formula is C19H21ClN4O3S. The zero-order valence-corrected chi connectivity index (χ0v) is 16.8. The van der Waals surface area contributed by atoms with Gasteiger partial charge in [-0.15, -0.1) is 0 Å². The molecular weight excluding hydrogens is 400 g/mol. The molecule has 0 bridgehead atoms. The smallest absolute Gasteiger partial charge is 0.411 e. The lowest BCUT2D eigenvalue weighted by Gasteiger charge is -2.12. The van der Waals surface area contributed by atoms with Gasteiger partial charge in [0.1, 0.15) is 0 Å². The van der Waals surface area contributed by atoms with E-state index in [0.717, 1.165) is 12.0 Å². The number of amides is 2. The van der Waals surface area contributed by atoms with E-state index >= 15 is 0 Å². The molecule has 4 N–H and O–H groups in total. The van der Waals surface area contributed by atoms with Gasteiger partial charge in [0.05, 0.1) is 6.61 Å². The predicted molar refractivity (Wildman–Crippen MR) is 113 cm³/mol. The van der Waals surface area contributed by atoms with Crippen LogP contribution in [0.3, 0.4) is 0 Å². The number of ether oxygens (including phenoxy) is 1. The van der Waals surface area contributed by atoms with Crippen LogP contribution in [0.15, 0.2) is 48.5 Å². The Hall–Kier alpha value is -2.84. The number of anilines is 1. The first-order chi connectivity index (χ1) is 13.5. The average molecular weight is 421 g/mol. The molecule has 0 aromatic heterocycles. The number of halogens is 1. The monoisotopic (exact) mass is 420 g/mol. The molecule has 0 saturated heterocycles. The number of carbonyl (C=O) groups is 2. The second-order valence-corrected chi connectivity index (χ2v) is 6.48. The van der Waals surface area contributed by atoms with Crippen LogP contribution in [0.4, 0.5) is 10.5 Å². The molecule has 9 heteroatoms. The molecule has 0 unspecified atom stereocenters. The number of nitrogens with one attached hydrogen (secondary N) is 4. The van der Waals surface area contributed by atoms with E-state index in [4.69, 9.17) is 28.6 Å². The van der Waals surface area contributed by atoms with Crippen molar-refractivity contribution in [3.05, 3.63) is 64.7 Å². The second kappa shape index (κ2) is 11.1. The molecule has 0 aliphatic carbocycles. The summed E-state index contributed by atoms with van der Waals surface area (Å²) < 4.78 is 4.79. The SMILES string of the molecule is CCOC(=O)Nc1ccc(C(=O)NNC(=S)NCCc2ccc(Cl)cc2)cc1. The topological polar surface area (TPSA) is 91.5 Å². The highest BCUT2D eigenvalue weighted by Crippen LogP contribution is 2.10. The number of hydrogen-bond acceptors (Lipinski definition) is 4. The van der Waals surface area contributed by atoms with Gasteiger partial charge in [-0.3, -0.25) is 21.0 Å². The van der Waals surface area contributed by atoms with Crippen molar-refractivity contribution < 1.29 is 14.3 Å². The highest BCUT2D eigenvalue weighted by Gasteiger charge is 2.07. The van der Waals surface area contributed by atoms with Gasteiger partial charge in [0, 0.05) is 22.8 Å². The van der Waals surface area contributed by atoms with Crippen molar-refractivity contribution in [1.82, 2.24) is 16.2 Å². The third-order valence-corrected chi connectivity index (χ3v) is 4.07. The van der Waals surface area contributed by atoms with Crippen LogP contribution in [-0.2, 0) is 11.2 Å². The molecule has 2 aromatic carbocycles. The minimum Gasteiger partial charge on any atom is -0.450 e. The summed E-state index contributed by atoms with van der Waals surface area (Å²) in [5, 5.41) is 6.56. The standard InChI is InChI=1S/C19H21ClN4O3S/c1-2-27-19(26)22-16-9-5-14(6-10-16)17(25)23-24-18(28)21-12-11-13-3-7-15(20)8-4-13/h3-10H,2,11-12H2,1H3,(H,22,26)(H,23,25)(H2,21,24,28). The minimum absolute atomic E-state index is 0.283. The Morgan fingerprint density at radius 1 is 1.04 bits per heavy atom. The van der Waals surface area contributed by atoms with Gasteiger partial charge in [-0.05, 0) is 67.5 Å². The van der Waals surface area contributed by atoms with Crippen LogP contribution in [0.2, 0.25) is 5.02 Å². The first-order valence-corrected chi connectivity index (χ1v) is 9.39. The third-order valence-electron chi connectivity index (χ3n) is 3.57. The lowest BCUT2D eigenvalue weighted by atomic mass is 10.1. The fourth-order valence-corrected chi connectivity index (χ4v) is 2.47. The molecule has 28 heavy (non-hydrogen) atoms. The third kappa shape index (κ3) is 7.42. The number of benzene rings is 2. The molecule has 0 fully saturated rings. The van der Waals surface area contributed by atoms with E-state index in [1.807, 2.05) is 24.3 Å². The maximum absolute atomic E-state index is 12.1. The molecule has 0 aliphatic rings. The van der Waals surface area contributed by atoms with Crippen LogP contribution in [0, 0.1) is 0 Å². The lowest BCUT2D eigenvalue weighted by Crippen LogP contribution is -2.47. The van der Waals surface area contributed by atoms with E-state index < -0.39 is 6.09 Å². The number of hydrogen-bond donors (Lipinski definition) is 4. The van der Waals surface area contributed by atoms with Crippen LogP contribution in [0.25, 0.3) is 0 Å². The molecule has 0 aliphatic heterocycles. The van der Waals surface area contributed by atoms with E-state index in [1.54, 1.807) is 31.2 Å². The Morgan fingerprint density at radius 3 is 2.36 bits per heavy atom. The average Bonchev–Trinajstić information content (AvgIpc) is 2.68. The number of carbonyl (C=O) groups excluding carboxylic acids is 2. The zero-order chi connectivity index (χ0) is 20.4. The Kier molecular flexibility index (Phi) is 8.51. The zero-order valence-electron chi connectivity index (χ0n) is 15.3. The van der Waals surface area contributed by atoms with Crippen LogP contribution in [-0.4, -0.2) is 30.3 Å². The van der Waals surface area contributed by atoms with Gasteiger partial charge in [0.25, 0.3) is 5.91 Å². The van der Waals surface area contributed by atoms with Crippen LogP contribution in [0.1, 0.15) is 22.8 Å². The van der Waals surface area contributed by atoms with Gasteiger partial charge in [-0.25, -0.2) is 4.79 Å². The quantitative estimate of drug-likeness (QED) is 0.423. The van der Waals surface area contributed by atoms with Gasteiger partial charge in [0.15, 0.2) is 5.11 Å². The van der Waals surface area contributed by atoms with Crippen molar-refractivity contribution in [2.24, 2.45) is 0 Å². The predicted octanol–water partition coefficient (Wildman–Crippen LogP) is 3.26. The Balaban J connectivity index is 1.71. The molecule has 7 nitrogen and oxygen atoms in total. The molecule has 0 atom stereocenters. The highest BCUT2D eigenvalue weighted by atomic mass is 35.5. The molecule has 148 valence electrons. The van der Waals surface area contributed by atoms with Crippen LogP contribution < -0.4 is 21.5 Å². The lowest BCUT2D eigenvalue weighted by molar-refractivity contribution is 0.0943. The van der Waals surface area contributed by atoms with Gasteiger partial charge in [-0.1, -0.05) is 23.7 Å². The molecule has 0 radical (unpaired) electrons. The van der Waals surface area contributed by atoms with Crippen molar-refractivity contribution in [2.45, 2.75) is 13.3 Å². The Bertz CT molecular complexity index is 813. The summed E-state index contributed by atoms with van der Waals surface area (Å²) in [6.07, 6.45) is 0.221. The molecule has 2 amide bonds. The van der Waals surface area contributed by atoms with Crippen molar-refractivity contribution in [3.8, 4) is 0 Å². The van der Waals surface area contributed by atoms with Crippen molar-refractivity contribution in [2.75, 3.05) is 18.5 Å². The summed E-state index contributed by atoms with van der Waals surface area (Å²) >= 11 is 11.0. The maximum atomic E-state index is 12.1. The molecule has 0 spiro atoms. The normalized spacial score (nSPS) is 9.93. The number of rotatable bonds is 6. The molecule has 2 aromatic rings. The first-order valence-electron chi connectivity index (χ1n) is 8.60. The molecule has 0 saturated carbocycles. The van der Waals surface area contributed by atoms with E-state index in [1.165, 1.54) is 0 Å². The summed E-state index contributed by atoms with van der Waals surface area (Å²) in [7, 11) is 0. The highest BCUT2D eigenvalue weighted by molar-refractivity contribution is 7.80. The Morgan fingerprint density at radius 2 is 1.71 bits per heavy atom. The minimum atomic E-state index is -0.545. The summed E-state index contributed by atoms with van der Waals surface area (Å²) in [6.45, 7) is 2.61.